The van der Waals surface area contributed by atoms with Crippen molar-refractivity contribution in [2.24, 2.45) is 5.41 Å². The van der Waals surface area contributed by atoms with E-state index in [9.17, 15) is 9.59 Å². The molecule has 2 rings (SSSR count). The van der Waals surface area contributed by atoms with Gasteiger partial charge in [0.1, 0.15) is 5.52 Å². The van der Waals surface area contributed by atoms with Gasteiger partial charge in [-0.15, -0.1) is 0 Å². The molecule has 2 aromatic rings. The number of fused-ring (bicyclic) bond motifs is 1. The van der Waals surface area contributed by atoms with E-state index in [2.05, 4.69) is 15.0 Å². The van der Waals surface area contributed by atoms with Gasteiger partial charge >= 0.3 is 5.69 Å². The van der Waals surface area contributed by atoms with E-state index in [1.54, 1.807) is 0 Å². The first-order valence-electron chi connectivity index (χ1n) is 5.05. The monoisotopic (exact) mass is 222 g/mol. The van der Waals surface area contributed by atoms with Crippen LogP contribution in [0.15, 0.2) is 15.9 Å². The molecule has 0 aromatic carbocycles. The fraction of sp³-hybridized carbons (Fsp3) is 0.500. The maximum Gasteiger partial charge on any atom is 0.330 e. The fourth-order valence-corrected chi connectivity index (χ4v) is 1.57. The Labute approximate surface area is 91.3 Å². The Kier molecular flexibility index (Phi) is 2.22. The lowest BCUT2D eigenvalue weighted by molar-refractivity contribution is 0.332. The van der Waals surface area contributed by atoms with Gasteiger partial charge in [-0.3, -0.25) is 14.3 Å². The zero-order valence-corrected chi connectivity index (χ0v) is 9.50. The van der Waals surface area contributed by atoms with Crippen LogP contribution in [0.25, 0.3) is 11.2 Å². The number of hydrogen-bond acceptors (Lipinski definition) is 3. The van der Waals surface area contributed by atoms with Crippen molar-refractivity contribution in [3.05, 3.63) is 27.2 Å². The molecular weight excluding hydrogens is 208 g/mol. The fourth-order valence-electron chi connectivity index (χ4n) is 1.57. The predicted molar refractivity (Wildman–Crippen MR) is 60.4 cm³/mol. The molecular formula is C10H14N4O2. The van der Waals surface area contributed by atoms with Crippen LogP contribution in [-0.4, -0.2) is 19.5 Å². The molecule has 0 fully saturated rings. The molecule has 0 aliphatic carbocycles. The van der Waals surface area contributed by atoms with Crippen LogP contribution in [0, 0.1) is 5.41 Å². The van der Waals surface area contributed by atoms with Crippen LogP contribution in [0.4, 0.5) is 0 Å². The molecule has 0 bridgehead atoms. The smallest absolute Gasteiger partial charge is 0.330 e. The van der Waals surface area contributed by atoms with Crippen molar-refractivity contribution in [2.75, 3.05) is 0 Å². The van der Waals surface area contributed by atoms with Crippen LogP contribution in [-0.2, 0) is 6.54 Å². The molecule has 2 heterocycles. The Balaban J connectivity index is 2.70. The first-order chi connectivity index (χ1) is 7.38. The Morgan fingerprint density at radius 3 is 2.69 bits per heavy atom. The molecule has 6 heteroatoms. The van der Waals surface area contributed by atoms with Crippen LogP contribution in [0.2, 0.25) is 0 Å². The summed E-state index contributed by atoms with van der Waals surface area (Å²) >= 11 is 0. The van der Waals surface area contributed by atoms with Crippen molar-refractivity contribution >= 4 is 11.2 Å². The molecule has 0 aliphatic rings. The van der Waals surface area contributed by atoms with Gasteiger partial charge < -0.3 is 4.98 Å². The number of imidazole rings is 1. The highest BCUT2D eigenvalue weighted by Gasteiger charge is 2.16. The molecule has 0 unspecified atom stereocenters. The first-order valence-corrected chi connectivity index (χ1v) is 5.05. The zero-order valence-electron chi connectivity index (χ0n) is 9.50. The number of hydrogen-bond donors (Lipinski definition) is 2. The van der Waals surface area contributed by atoms with E-state index in [1.165, 1.54) is 10.9 Å². The molecule has 2 aromatic heterocycles. The third-order valence-corrected chi connectivity index (χ3v) is 2.20. The molecule has 0 spiro atoms. The van der Waals surface area contributed by atoms with Gasteiger partial charge in [-0.05, 0) is 5.41 Å². The quantitative estimate of drug-likeness (QED) is 0.735. The lowest BCUT2D eigenvalue weighted by atomic mass is 9.97. The highest BCUT2D eigenvalue weighted by molar-refractivity contribution is 5.67. The maximum atomic E-state index is 12.0. The zero-order chi connectivity index (χ0) is 11.9. The second-order valence-corrected chi connectivity index (χ2v) is 5.01. The summed E-state index contributed by atoms with van der Waals surface area (Å²) in [5.41, 5.74) is -0.237. The number of H-pyrrole nitrogens is 2. The summed E-state index contributed by atoms with van der Waals surface area (Å²) in [6.07, 6.45) is 1.39. The highest BCUT2D eigenvalue weighted by atomic mass is 16.2. The third kappa shape index (κ3) is 1.78. The summed E-state index contributed by atoms with van der Waals surface area (Å²) < 4.78 is 1.19. The van der Waals surface area contributed by atoms with E-state index in [0.717, 1.165) is 0 Å². The molecule has 0 amide bonds. The molecule has 0 saturated heterocycles. The minimum atomic E-state index is -0.417. The van der Waals surface area contributed by atoms with Crippen molar-refractivity contribution in [3.8, 4) is 0 Å². The minimum Gasteiger partial charge on any atom is -0.339 e. The molecule has 16 heavy (non-hydrogen) atoms. The number of rotatable bonds is 1. The van der Waals surface area contributed by atoms with Crippen molar-refractivity contribution in [1.29, 1.82) is 0 Å². The van der Waals surface area contributed by atoms with Gasteiger partial charge in [-0.25, -0.2) is 9.78 Å². The van der Waals surface area contributed by atoms with Crippen LogP contribution in [0.5, 0.6) is 0 Å². The first kappa shape index (κ1) is 10.7. The highest BCUT2D eigenvalue weighted by Crippen LogP contribution is 2.14. The third-order valence-electron chi connectivity index (χ3n) is 2.20. The molecule has 0 atom stereocenters. The largest absolute Gasteiger partial charge is 0.339 e. The lowest BCUT2D eigenvalue weighted by Crippen LogP contribution is -2.38. The normalized spacial score (nSPS) is 12.2. The predicted octanol–water partition coefficient (Wildman–Crippen LogP) is 0.459. The van der Waals surface area contributed by atoms with E-state index in [-0.39, 0.29) is 11.0 Å². The molecule has 0 radical (unpaired) electrons. The van der Waals surface area contributed by atoms with E-state index in [4.69, 9.17) is 0 Å². The Morgan fingerprint density at radius 1 is 1.38 bits per heavy atom. The van der Waals surface area contributed by atoms with Gasteiger partial charge in [-0.2, -0.15) is 0 Å². The Bertz CT molecular complexity index is 627. The average molecular weight is 222 g/mol. The summed E-state index contributed by atoms with van der Waals surface area (Å²) in [6.45, 7) is 6.28. The van der Waals surface area contributed by atoms with Crippen molar-refractivity contribution < 1.29 is 0 Å². The summed E-state index contributed by atoms with van der Waals surface area (Å²) in [5, 5.41) is 0. The van der Waals surface area contributed by atoms with E-state index in [0.29, 0.717) is 17.7 Å². The van der Waals surface area contributed by atoms with Crippen molar-refractivity contribution in [3.63, 3.8) is 0 Å². The second kappa shape index (κ2) is 3.33. The van der Waals surface area contributed by atoms with Crippen LogP contribution in [0.3, 0.4) is 0 Å². The number of nitrogens with zero attached hydrogens (tertiary/aromatic N) is 2. The Morgan fingerprint density at radius 2 is 2.06 bits per heavy atom. The standard InChI is InChI=1S/C10H14N4O2/c1-10(2,3)4-14-8(15)6-7(12-5-11-6)13-9(14)16/h5H,4H2,1-3H3,(H,11,12)(H,13,16). The number of aromatic nitrogens is 4. The van der Waals surface area contributed by atoms with Gasteiger partial charge in [0.2, 0.25) is 0 Å². The van der Waals surface area contributed by atoms with Crippen LogP contribution < -0.4 is 11.2 Å². The maximum absolute atomic E-state index is 12.0. The summed E-state index contributed by atoms with van der Waals surface area (Å²) in [7, 11) is 0. The minimum absolute atomic E-state index is 0.134. The van der Waals surface area contributed by atoms with Gasteiger partial charge in [0.15, 0.2) is 5.65 Å². The average Bonchev–Trinajstić information content (AvgIpc) is 2.58. The SMILES string of the molecule is CC(C)(C)Cn1c(=O)[nH]c2nc[nH]c2c1=O. The molecule has 6 nitrogen and oxygen atoms in total. The molecule has 2 N–H and O–H groups in total. The summed E-state index contributed by atoms with van der Waals surface area (Å²) in [4.78, 5) is 32.8. The number of nitrogens with one attached hydrogen (secondary N) is 2. The Hall–Kier alpha value is -1.85. The lowest BCUT2D eigenvalue weighted by Gasteiger charge is -2.18. The summed E-state index contributed by atoms with van der Waals surface area (Å²) in [6, 6.07) is 0. The number of aromatic amines is 2. The second-order valence-electron chi connectivity index (χ2n) is 5.01. The topological polar surface area (TPSA) is 83.5 Å². The van der Waals surface area contributed by atoms with E-state index >= 15 is 0 Å². The molecule has 86 valence electrons. The van der Waals surface area contributed by atoms with E-state index < -0.39 is 5.69 Å². The summed E-state index contributed by atoms with van der Waals surface area (Å²) in [5.74, 6) is 0. The van der Waals surface area contributed by atoms with Gasteiger partial charge in [0.25, 0.3) is 5.56 Å². The van der Waals surface area contributed by atoms with Gasteiger partial charge in [0, 0.05) is 6.54 Å². The van der Waals surface area contributed by atoms with Crippen LogP contribution in [0.1, 0.15) is 20.8 Å². The van der Waals surface area contributed by atoms with Gasteiger partial charge in [0.05, 0.1) is 6.33 Å². The van der Waals surface area contributed by atoms with Crippen LogP contribution >= 0.6 is 0 Å². The molecule has 0 saturated carbocycles. The van der Waals surface area contributed by atoms with Crippen molar-refractivity contribution in [2.45, 2.75) is 27.3 Å². The van der Waals surface area contributed by atoms with Crippen molar-refractivity contribution in [1.82, 2.24) is 19.5 Å². The molecule has 0 aliphatic heterocycles. The van der Waals surface area contributed by atoms with E-state index in [1.807, 2.05) is 20.8 Å². The van der Waals surface area contributed by atoms with Gasteiger partial charge in [-0.1, -0.05) is 20.8 Å².